The predicted octanol–water partition coefficient (Wildman–Crippen LogP) is 5.05. The summed E-state index contributed by atoms with van der Waals surface area (Å²) in [6.07, 6.45) is 3.78. The van der Waals surface area contributed by atoms with Crippen molar-refractivity contribution in [2.45, 2.75) is 19.9 Å². The third-order valence-electron chi connectivity index (χ3n) is 5.55. The first-order chi connectivity index (χ1) is 19.2. The first kappa shape index (κ1) is 27.6. The molecule has 3 amide bonds. The lowest BCUT2D eigenvalue weighted by molar-refractivity contribution is 0.0597. The number of methoxy groups -OCH3 is 1. The summed E-state index contributed by atoms with van der Waals surface area (Å²) in [5.41, 5.74) is 2.58. The fourth-order valence-electron chi connectivity index (χ4n) is 3.66. The molecule has 0 atom stereocenters. The number of ether oxygens (including phenoxy) is 2. The van der Waals surface area contributed by atoms with Crippen molar-refractivity contribution >= 4 is 35.6 Å². The van der Waals surface area contributed by atoms with Crippen LogP contribution < -0.4 is 20.7 Å². The van der Waals surface area contributed by atoms with Crippen LogP contribution in [0.25, 0.3) is 5.69 Å². The maximum absolute atomic E-state index is 12.7. The molecule has 3 N–H and O–H groups in total. The Balaban J connectivity index is 1.41. The molecule has 0 aliphatic heterocycles. The Morgan fingerprint density at radius 2 is 1.62 bits per heavy atom. The van der Waals surface area contributed by atoms with Gasteiger partial charge in [0.25, 0.3) is 5.91 Å². The van der Waals surface area contributed by atoms with E-state index in [-0.39, 0.29) is 23.3 Å². The van der Waals surface area contributed by atoms with Gasteiger partial charge in [-0.25, -0.2) is 14.6 Å². The molecule has 0 bridgehead atoms. The topological polar surface area (TPSA) is 141 Å². The lowest BCUT2D eigenvalue weighted by Crippen LogP contribution is -2.34. The highest BCUT2D eigenvalue weighted by Crippen LogP contribution is 2.29. The second-order valence-electron chi connectivity index (χ2n) is 8.91. The fraction of sp³-hybridized carbons (Fsp3) is 0.138. The van der Waals surface area contributed by atoms with E-state index in [1.807, 2.05) is 13.8 Å². The number of nitrogens with zero attached hydrogens (tertiary/aromatic N) is 2. The maximum Gasteiger partial charge on any atom is 0.341 e. The predicted molar refractivity (Wildman–Crippen MR) is 148 cm³/mol. The summed E-state index contributed by atoms with van der Waals surface area (Å²) in [5, 5.41) is 8.19. The summed E-state index contributed by atoms with van der Waals surface area (Å²) in [4.78, 5) is 51.9. The Kier molecular flexibility index (Phi) is 8.55. The van der Waals surface area contributed by atoms with Crippen molar-refractivity contribution in [2.24, 2.45) is 0 Å². The van der Waals surface area contributed by atoms with Gasteiger partial charge in [-0.2, -0.15) is 0 Å². The Bertz CT molecular complexity index is 1530. The van der Waals surface area contributed by atoms with Crippen LogP contribution in [0, 0.1) is 0 Å². The monoisotopic (exact) mass is 541 g/mol. The summed E-state index contributed by atoms with van der Waals surface area (Å²) in [7, 11) is 1.25. The number of esters is 1. The van der Waals surface area contributed by atoms with Gasteiger partial charge in [-0.1, -0.05) is 0 Å². The van der Waals surface area contributed by atoms with Gasteiger partial charge in [-0.05, 0) is 80.6 Å². The molecule has 40 heavy (non-hydrogen) atoms. The van der Waals surface area contributed by atoms with Crippen LogP contribution in [-0.4, -0.2) is 46.9 Å². The number of carbonyl (C=O) groups is 4. The number of amides is 3. The smallest absolute Gasteiger partial charge is 0.341 e. The van der Waals surface area contributed by atoms with Crippen LogP contribution in [0.4, 0.5) is 16.2 Å². The van der Waals surface area contributed by atoms with Gasteiger partial charge in [0.05, 0.1) is 7.11 Å². The number of aldehydes is 1. The van der Waals surface area contributed by atoms with E-state index in [0.29, 0.717) is 34.7 Å². The summed E-state index contributed by atoms with van der Waals surface area (Å²) < 4.78 is 12.4. The number of aromatic nitrogens is 2. The van der Waals surface area contributed by atoms with Gasteiger partial charge < -0.3 is 30.0 Å². The maximum atomic E-state index is 12.7. The number of benzene rings is 3. The van der Waals surface area contributed by atoms with Gasteiger partial charge in [0.15, 0.2) is 6.29 Å². The van der Waals surface area contributed by atoms with Gasteiger partial charge in [-0.3, -0.25) is 9.59 Å². The number of urea groups is 1. The van der Waals surface area contributed by atoms with Crippen LogP contribution in [-0.2, 0) is 4.74 Å². The minimum Gasteiger partial charge on any atom is -0.465 e. The van der Waals surface area contributed by atoms with Crippen LogP contribution in [0.2, 0.25) is 0 Å². The van der Waals surface area contributed by atoms with Crippen molar-refractivity contribution in [3.8, 4) is 17.2 Å². The first-order valence-corrected chi connectivity index (χ1v) is 12.2. The first-order valence-electron chi connectivity index (χ1n) is 12.2. The van der Waals surface area contributed by atoms with Gasteiger partial charge >= 0.3 is 12.0 Å². The highest BCUT2D eigenvalue weighted by molar-refractivity contribution is 6.04. The van der Waals surface area contributed by atoms with Crippen LogP contribution >= 0.6 is 0 Å². The molecule has 0 unspecified atom stereocenters. The Labute approximate surface area is 230 Å². The molecule has 11 heteroatoms. The molecular weight excluding hydrogens is 514 g/mol. The van der Waals surface area contributed by atoms with E-state index in [1.54, 1.807) is 71.4 Å². The number of nitrogens with one attached hydrogen (secondary N) is 3. The van der Waals surface area contributed by atoms with Crippen LogP contribution in [0.3, 0.4) is 0 Å². The minimum atomic E-state index is -0.630. The molecule has 0 saturated heterocycles. The third kappa shape index (κ3) is 6.90. The normalized spacial score (nSPS) is 10.5. The largest absolute Gasteiger partial charge is 0.465 e. The zero-order valence-electron chi connectivity index (χ0n) is 22.0. The van der Waals surface area contributed by atoms with Crippen molar-refractivity contribution in [1.29, 1.82) is 0 Å². The molecule has 11 nitrogen and oxygen atoms in total. The fourth-order valence-corrected chi connectivity index (χ4v) is 3.66. The number of hydrogen-bond donors (Lipinski definition) is 3. The number of rotatable bonds is 9. The quantitative estimate of drug-likeness (QED) is 0.199. The Hall–Kier alpha value is -5.45. The second-order valence-corrected chi connectivity index (χ2v) is 8.91. The van der Waals surface area contributed by atoms with E-state index in [4.69, 9.17) is 9.47 Å². The van der Waals surface area contributed by atoms with Gasteiger partial charge in [0.1, 0.15) is 29.1 Å². The van der Waals surface area contributed by atoms with Crippen molar-refractivity contribution in [2.75, 3.05) is 17.7 Å². The molecular formula is C29H27N5O6. The van der Waals surface area contributed by atoms with Crippen molar-refractivity contribution in [1.82, 2.24) is 14.9 Å². The van der Waals surface area contributed by atoms with Crippen LogP contribution in [0.1, 0.15) is 45.1 Å². The molecule has 0 aliphatic carbocycles. The number of anilines is 2. The summed E-state index contributed by atoms with van der Waals surface area (Å²) in [6.45, 7) is 3.67. The number of hydrogen-bond acceptors (Lipinski definition) is 7. The molecule has 4 aromatic rings. The molecule has 0 spiro atoms. The van der Waals surface area contributed by atoms with E-state index in [1.165, 1.54) is 19.5 Å². The molecule has 1 aromatic heterocycles. The van der Waals surface area contributed by atoms with Gasteiger partial charge in [-0.15, -0.1) is 0 Å². The van der Waals surface area contributed by atoms with Crippen LogP contribution in [0.5, 0.6) is 11.5 Å². The average molecular weight is 542 g/mol. The molecule has 4 rings (SSSR count). The van der Waals surface area contributed by atoms with Crippen molar-refractivity contribution in [3.05, 3.63) is 96.1 Å². The number of imidazole rings is 1. The molecule has 0 fully saturated rings. The summed E-state index contributed by atoms with van der Waals surface area (Å²) >= 11 is 0. The van der Waals surface area contributed by atoms with E-state index in [2.05, 4.69) is 20.9 Å². The lowest BCUT2D eigenvalue weighted by Gasteiger charge is -2.14. The second kappa shape index (κ2) is 12.4. The zero-order chi connectivity index (χ0) is 28.6. The van der Waals surface area contributed by atoms with Crippen molar-refractivity contribution < 1.29 is 28.7 Å². The van der Waals surface area contributed by atoms with Crippen molar-refractivity contribution in [3.63, 3.8) is 0 Å². The van der Waals surface area contributed by atoms with E-state index in [0.717, 1.165) is 5.69 Å². The van der Waals surface area contributed by atoms with E-state index in [9.17, 15) is 19.2 Å². The van der Waals surface area contributed by atoms with E-state index < -0.39 is 12.0 Å². The Morgan fingerprint density at radius 3 is 2.25 bits per heavy atom. The third-order valence-corrected chi connectivity index (χ3v) is 5.55. The highest BCUT2D eigenvalue weighted by Gasteiger charge is 2.16. The Morgan fingerprint density at radius 1 is 0.925 bits per heavy atom. The molecule has 0 aliphatic rings. The summed E-state index contributed by atoms with van der Waals surface area (Å²) in [6, 6.07) is 17.6. The molecule has 1 heterocycles. The minimum absolute atomic E-state index is 0.0531. The zero-order valence-corrected chi connectivity index (χ0v) is 22.0. The standard InChI is InChI=1S/C29H27N5O6/c1-18(2)31-29(38)33-21-8-13-26(25(14-21)28(37)39-3)40-24-11-6-20(7-12-24)32-27(36)19-4-9-23(10-5-19)34-15-22(16-35)30-17-34/h4-18H,1-3H3,(H,32,36)(H2,31,33,38). The lowest BCUT2D eigenvalue weighted by atomic mass is 10.1. The molecule has 3 aromatic carbocycles. The molecule has 0 radical (unpaired) electrons. The van der Waals surface area contributed by atoms with Gasteiger partial charge in [0.2, 0.25) is 0 Å². The SMILES string of the molecule is COC(=O)c1cc(NC(=O)NC(C)C)ccc1Oc1ccc(NC(=O)c2ccc(-n3cnc(C=O)c3)cc2)cc1. The molecule has 0 saturated carbocycles. The van der Waals surface area contributed by atoms with E-state index >= 15 is 0 Å². The number of carbonyl (C=O) groups excluding carboxylic acids is 4. The summed E-state index contributed by atoms with van der Waals surface area (Å²) in [5.74, 6) is -0.287. The van der Waals surface area contributed by atoms with Crippen LogP contribution in [0.15, 0.2) is 79.3 Å². The average Bonchev–Trinajstić information content (AvgIpc) is 3.43. The molecule has 204 valence electrons. The highest BCUT2D eigenvalue weighted by atomic mass is 16.5. The van der Waals surface area contributed by atoms with Gasteiger partial charge in [0, 0.05) is 34.9 Å².